The number of amides is 4. The average Bonchev–Trinajstić information content (AvgIpc) is 2.78. The summed E-state index contributed by atoms with van der Waals surface area (Å²) >= 11 is 11.4. The Morgan fingerprint density at radius 2 is 1.70 bits per heavy atom. The number of carbonyl (C=O) groups is 3. The van der Waals surface area contributed by atoms with Crippen LogP contribution >= 0.6 is 50.1 Å². The lowest BCUT2D eigenvalue weighted by atomic mass is 10.1. The number of barbiturate groups is 1. The minimum Gasteiger partial charge on any atom is -0.488 e. The zero-order valence-electron chi connectivity index (χ0n) is 16.8. The van der Waals surface area contributed by atoms with Crippen LogP contribution in [0.5, 0.6) is 5.75 Å². The number of anilines is 1. The van der Waals surface area contributed by atoms with Crippen LogP contribution in [0.25, 0.3) is 6.08 Å². The lowest BCUT2D eigenvalue weighted by Crippen LogP contribution is -2.54. The maximum Gasteiger partial charge on any atom is 0.335 e. The van der Waals surface area contributed by atoms with E-state index in [2.05, 4.69) is 43.8 Å². The predicted octanol–water partition coefficient (Wildman–Crippen LogP) is 5.95. The summed E-state index contributed by atoms with van der Waals surface area (Å²) in [5.41, 5.74) is 1.83. The first kappa shape index (κ1) is 23.5. The number of nitrogens with one attached hydrogen (secondary N) is 1. The number of carbonyl (C=O) groups excluding carboxylic acids is 3. The van der Waals surface area contributed by atoms with E-state index in [0.29, 0.717) is 28.6 Å². The van der Waals surface area contributed by atoms with Crippen molar-refractivity contribution in [3.63, 3.8) is 0 Å². The number of urea groups is 1. The van der Waals surface area contributed by atoms with E-state index in [1.807, 2.05) is 12.1 Å². The van der Waals surface area contributed by atoms with Gasteiger partial charge in [-0.05, 0) is 88.3 Å². The van der Waals surface area contributed by atoms with E-state index in [0.717, 1.165) is 18.5 Å². The first-order valence-corrected chi connectivity index (χ1v) is 11.9. The number of imide groups is 2. The fourth-order valence-electron chi connectivity index (χ4n) is 3.11. The molecule has 9 heteroatoms. The SMILES string of the molecule is O=C1NC(=O)N(c2ccc(Br)cc2)C(=O)/C1=C/c1ccc(OCc2ccc(Cl)cc2)c(I)c1. The molecule has 1 aliphatic rings. The fraction of sp³-hybridized carbons (Fsp3) is 0.0417. The van der Waals surface area contributed by atoms with Crippen molar-refractivity contribution in [2.75, 3.05) is 4.90 Å². The molecule has 3 aromatic rings. The lowest BCUT2D eigenvalue weighted by molar-refractivity contribution is -0.122. The van der Waals surface area contributed by atoms with Gasteiger partial charge in [0.15, 0.2) is 0 Å². The van der Waals surface area contributed by atoms with Gasteiger partial charge >= 0.3 is 6.03 Å². The molecule has 0 atom stereocenters. The summed E-state index contributed by atoms with van der Waals surface area (Å²) in [6.07, 6.45) is 1.46. The Morgan fingerprint density at radius 1 is 1.00 bits per heavy atom. The molecule has 4 amide bonds. The van der Waals surface area contributed by atoms with Crippen LogP contribution < -0.4 is 15.0 Å². The molecule has 166 valence electrons. The molecule has 1 aliphatic heterocycles. The van der Waals surface area contributed by atoms with Gasteiger partial charge in [-0.3, -0.25) is 14.9 Å². The maximum absolute atomic E-state index is 13.0. The third-order valence-electron chi connectivity index (χ3n) is 4.76. The van der Waals surface area contributed by atoms with Crippen molar-refractivity contribution in [2.45, 2.75) is 6.61 Å². The monoisotopic (exact) mass is 636 g/mol. The van der Waals surface area contributed by atoms with Gasteiger partial charge in [-0.25, -0.2) is 9.69 Å². The van der Waals surface area contributed by atoms with Crippen molar-refractivity contribution in [1.29, 1.82) is 0 Å². The van der Waals surface area contributed by atoms with Gasteiger partial charge in [0, 0.05) is 9.50 Å². The number of nitrogens with zero attached hydrogens (tertiary/aromatic N) is 1. The Labute approximate surface area is 216 Å². The number of hydrogen-bond donors (Lipinski definition) is 1. The highest BCUT2D eigenvalue weighted by molar-refractivity contribution is 14.1. The number of ether oxygens (including phenoxy) is 1. The van der Waals surface area contributed by atoms with Crippen LogP contribution in [0.3, 0.4) is 0 Å². The lowest BCUT2D eigenvalue weighted by Gasteiger charge is -2.26. The van der Waals surface area contributed by atoms with Crippen molar-refractivity contribution in [1.82, 2.24) is 5.32 Å². The molecule has 1 saturated heterocycles. The van der Waals surface area contributed by atoms with Gasteiger partial charge in [0.25, 0.3) is 11.8 Å². The molecule has 0 saturated carbocycles. The molecule has 0 aliphatic carbocycles. The third kappa shape index (κ3) is 5.45. The third-order valence-corrected chi connectivity index (χ3v) is 6.38. The molecule has 6 nitrogen and oxygen atoms in total. The first-order valence-electron chi connectivity index (χ1n) is 9.65. The van der Waals surface area contributed by atoms with Gasteiger partial charge in [-0.2, -0.15) is 0 Å². The smallest absolute Gasteiger partial charge is 0.335 e. The summed E-state index contributed by atoms with van der Waals surface area (Å²) in [6, 6.07) is 18.6. The molecule has 33 heavy (non-hydrogen) atoms. The average molecular weight is 638 g/mol. The van der Waals surface area contributed by atoms with Crippen LogP contribution in [-0.4, -0.2) is 17.8 Å². The molecule has 4 rings (SSSR count). The first-order chi connectivity index (χ1) is 15.8. The Hall–Kier alpha value is -2.69. The Kier molecular flexibility index (Phi) is 7.16. The quantitative estimate of drug-likeness (QED) is 0.213. The summed E-state index contributed by atoms with van der Waals surface area (Å²) in [5, 5.41) is 2.88. The number of benzene rings is 3. The van der Waals surface area contributed by atoms with Crippen molar-refractivity contribution in [3.8, 4) is 5.75 Å². The minimum absolute atomic E-state index is 0.136. The number of halogens is 3. The second kappa shape index (κ2) is 10.1. The van der Waals surface area contributed by atoms with Gasteiger partial charge in [0.05, 0.1) is 9.26 Å². The molecule has 0 aromatic heterocycles. The normalized spacial score (nSPS) is 15.1. The molecule has 1 fully saturated rings. The molecule has 0 bridgehead atoms. The molecule has 1 heterocycles. The van der Waals surface area contributed by atoms with E-state index >= 15 is 0 Å². The van der Waals surface area contributed by atoms with Crippen molar-refractivity contribution >= 4 is 79.7 Å². The summed E-state index contributed by atoms with van der Waals surface area (Å²) in [6.45, 7) is 0.374. The Morgan fingerprint density at radius 3 is 2.36 bits per heavy atom. The molecular formula is C24H15BrClIN2O4. The standard InChI is InChI=1S/C24H15BrClIN2O4/c25-16-4-8-18(9-5-16)29-23(31)19(22(30)28-24(29)32)11-15-3-10-21(20(27)12-15)33-13-14-1-6-17(26)7-2-14/h1-12H,13H2,(H,28,30,32)/b19-11+. The highest BCUT2D eigenvalue weighted by Gasteiger charge is 2.36. The van der Waals surface area contributed by atoms with Gasteiger partial charge in [0.2, 0.25) is 0 Å². The molecule has 3 aromatic carbocycles. The van der Waals surface area contributed by atoms with Gasteiger partial charge in [-0.1, -0.05) is 45.7 Å². The van der Waals surface area contributed by atoms with E-state index in [9.17, 15) is 14.4 Å². The molecule has 0 radical (unpaired) electrons. The zero-order valence-corrected chi connectivity index (χ0v) is 21.3. The number of rotatable bonds is 5. The van der Waals surface area contributed by atoms with Gasteiger partial charge in [-0.15, -0.1) is 0 Å². The number of hydrogen-bond acceptors (Lipinski definition) is 4. The van der Waals surface area contributed by atoms with Gasteiger partial charge < -0.3 is 4.74 Å². The second-order valence-electron chi connectivity index (χ2n) is 7.04. The van der Waals surface area contributed by atoms with E-state index in [1.165, 1.54) is 6.08 Å². The second-order valence-corrected chi connectivity index (χ2v) is 9.55. The zero-order chi connectivity index (χ0) is 23.5. The van der Waals surface area contributed by atoms with Crippen molar-refractivity contribution < 1.29 is 19.1 Å². The molecule has 1 N–H and O–H groups in total. The van der Waals surface area contributed by atoms with E-state index in [1.54, 1.807) is 54.6 Å². The Balaban J connectivity index is 1.55. The minimum atomic E-state index is -0.787. The maximum atomic E-state index is 13.0. The van der Waals surface area contributed by atoms with E-state index in [4.69, 9.17) is 16.3 Å². The summed E-state index contributed by atoms with van der Waals surface area (Å²) in [7, 11) is 0. The summed E-state index contributed by atoms with van der Waals surface area (Å²) in [5.74, 6) is -0.764. The highest BCUT2D eigenvalue weighted by Crippen LogP contribution is 2.27. The highest BCUT2D eigenvalue weighted by atomic mass is 127. The predicted molar refractivity (Wildman–Crippen MR) is 138 cm³/mol. The van der Waals surface area contributed by atoms with Crippen molar-refractivity contribution in [2.24, 2.45) is 0 Å². The van der Waals surface area contributed by atoms with Crippen LogP contribution in [0.15, 0.2) is 76.8 Å². The topological polar surface area (TPSA) is 75.7 Å². The fourth-order valence-corrected chi connectivity index (χ4v) is 4.20. The molecular weight excluding hydrogens is 623 g/mol. The van der Waals surface area contributed by atoms with E-state index in [-0.39, 0.29) is 5.57 Å². The van der Waals surface area contributed by atoms with Crippen LogP contribution in [0.4, 0.5) is 10.5 Å². The largest absolute Gasteiger partial charge is 0.488 e. The van der Waals surface area contributed by atoms with Gasteiger partial charge in [0.1, 0.15) is 17.9 Å². The van der Waals surface area contributed by atoms with Crippen LogP contribution in [-0.2, 0) is 16.2 Å². The summed E-state index contributed by atoms with van der Waals surface area (Å²) < 4.78 is 7.48. The van der Waals surface area contributed by atoms with Crippen LogP contribution in [0.2, 0.25) is 5.02 Å². The van der Waals surface area contributed by atoms with E-state index < -0.39 is 17.8 Å². The molecule has 0 unspecified atom stereocenters. The van der Waals surface area contributed by atoms with Crippen molar-refractivity contribution in [3.05, 3.63) is 96.5 Å². The molecule has 0 spiro atoms. The van der Waals surface area contributed by atoms with Crippen LogP contribution in [0, 0.1) is 3.57 Å². The Bertz CT molecular complexity index is 1280. The van der Waals surface area contributed by atoms with Crippen LogP contribution in [0.1, 0.15) is 11.1 Å². The summed E-state index contributed by atoms with van der Waals surface area (Å²) in [4.78, 5) is 38.6.